The summed E-state index contributed by atoms with van der Waals surface area (Å²) in [7, 11) is 0. The van der Waals surface area contributed by atoms with Crippen LogP contribution in [0.4, 0.5) is 17.1 Å². The summed E-state index contributed by atoms with van der Waals surface area (Å²) >= 11 is 0. The Kier molecular flexibility index (Phi) is 9.05. The number of hydrogen-bond acceptors (Lipinski definition) is 1. The quantitative estimate of drug-likeness (QED) is 0.149. The maximum absolute atomic E-state index is 2.39. The zero-order valence-electron chi connectivity index (χ0n) is 35.4. The highest BCUT2D eigenvalue weighted by Crippen LogP contribution is 2.40. The normalized spacial score (nSPS) is 11.5. The molecule has 0 N–H and O–H groups in total. The Balaban J connectivity index is 0.916. The van der Waals surface area contributed by atoms with Crippen molar-refractivity contribution in [1.29, 1.82) is 0 Å². The first-order valence-corrected chi connectivity index (χ1v) is 22.0. The average Bonchev–Trinajstić information content (AvgIpc) is 3.88. The second-order valence-electron chi connectivity index (χ2n) is 16.7. The first-order chi connectivity index (χ1) is 31.6. The Labute approximate surface area is 373 Å². The predicted octanol–water partition coefficient (Wildman–Crippen LogP) is 16.7. The van der Waals surface area contributed by atoms with E-state index in [4.69, 9.17) is 0 Å². The maximum atomic E-state index is 2.39. The summed E-state index contributed by atoms with van der Waals surface area (Å²) in [6.45, 7) is 2.13. The van der Waals surface area contributed by atoms with Crippen LogP contribution in [-0.2, 0) is 0 Å². The fourth-order valence-corrected chi connectivity index (χ4v) is 9.62. The molecule has 0 saturated heterocycles. The molecule has 0 saturated carbocycles. The molecule has 0 atom stereocenters. The van der Waals surface area contributed by atoms with E-state index in [0.29, 0.717) is 0 Å². The number of fused-ring (bicyclic) bond motifs is 6. The van der Waals surface area contributed by atoms with Crippen molar-refractivity contribution < 1.29 is 0 Å². The molecule has 2 heterocycles. The minimum absolute atomic E-state index is 1.10. The van der Waals surface area contributed by atoms with E-state index in [1.807, 2.05) is 0 Å². The van der Waals surface area contributed by atoms with Gasteiger partial charge in [0, 0.05) is 50.0 Å². The van der Waals surface area contributed by atoms with E-state index in [1.165, 1.54) is 82.6 Å². The van der Waals surface area contributed by atoms with Gasteiger partial charge in [-0.2, -0.15) is 0 Å². The molecule has 0 aliphatic heterocycles. The molecule has 0 aliphatic carbocycles. The summed E-state index contributed by atoms with van der Waals surface area (Å²) in [5.41, 5.74) is 18.9. The van der Waals surface area contributed by atoms with Gasteiger partial charge >= 0.3 is 0 Å². The topological polar surface area (TPSA) is 13.1 Å². The molecule has 0 spiro atoms. The van der Waals surface area contributed by atoms with Crippen molar-refractivity contribution in [3.05, 3.63) is 248 Å². The summed E-state index contributed by atoms with van der Waals surface area (Å²) in [5, 5.41) is 4.99. The van der Waals surface area contributed by atoms with Gasteiger partial charge in [-0.25, -0.2) is 0 Å². The summed E-state index contributed by atoms with van der Waals surface area (Å²) in [5.74, 6) is 0. The lowest BCUT2D eigenvalue weighted by molar-refractivity contribution is 1.17. The zero-order valence-corrected chi connectivity index (χ0v) is 35.4. The van der Waals surface area contributed by atoms with Crippen LogP contribution in [0.1, 0.15) is 5.56 Å². The fourth-order valence-electron chi connectivity index (χ4n) is 9.62. The van der Waals surface area contributed by atoms with Crippen LogP contribution >= 0.6 is 0 Å². The molecular weight excluding hydrogens is 775 g/mol. The molecule has 12 aromatic rings. The number of aromatic nitrogens is 2. The standard InChI is InChI=1S/C61H43N3/c1-42-20-22-43(23-21-42)44-24-26-45(27-25-44)47-30-38-60-56(40-47)57-41-48(31-39-61(57)63(60)50-14-6-3-7-15-50)46-28-32-51(33-29-46)62(49-12-4-2-5-13-49)52-34-36-53(37-35-52)64-58-18-10-8-16-54(58)55-17-9-11-19-59(55)64/h2-41H,1H3. The molecule has 3 heteroatoms. The third kappa shape index (κ3) is 6.45. The summed E-state index contributed by atoms with van der Waals surface area (Å²) in [4.78, 5) is 2.34. The number of rotatable bonds is 8. The fraction of sp³-hybridized carbons (Fsp3) is 0.0164. The number of benzene rings is 10. The molecule has 12 rings (SSSR count). The van der Waals surface area contributed by atoms with Gasteiger partial charge in [-0.15, -0.1) is 0 Å². The molecule has 3 nitrogen and oxygen atoms in total. The van der Waals surface area contributed by atoms with Crippen molar-refractivity contribution in [3.63, 3.8) is 0 Å². The third-order valence-electron chi connectivity index (χ3n) is 12.8. The van der Waals surface area contributed by atoms with Gasteiger partial charge in [-0.3, -0.25) is 0 Å². The highest BCUT2D eigenvalue weighted by Gasteiger charge is 2.18. The van der Waals surface area contributed by atoms with Gasteiger partial charge in [0.15, 0.2) is 0 Å². The lowest BCUT2D eigenvalue weighted by Crippen LogP contribution is -2.10. The molecule has 302 valence electrons. The number of hydrogen-bond donors (Lipinski definition) is 0. The SMILES string of the molecule is Cc1ccc(-c2ccc(-c3ccc4c(c3)c3cc(-c5ccc(N(c6ccccc6)c6ccc(-n7c8ccccc8c8ccccc87)cc6)cc5)ccc3n4-c3ccccc3)cc2)cc1. The zero-order chi connectivity index (χ0) is 42.6. The summed E-state index contributed by atoms with van der Waals surface area (Å²) in [6, 6.07) is 88.2. The number of anilines is 3. The summed E-state index contributed by atoms with van der Waals surface area (Å²) in [6.07, 6.45) is 0. The summed E-state index contributed by atoms with van der Waals surface area (Å²) < 4.78 is 4.76. The Morgan fingerprint density at radius 1 is 0.266 bits per heavy atom. The molecule has 0 aliphatic rings. The Bertz CT molecular complexity index is 3570. The van der Waals surface area contributed by atoms with Gasteiger partial charge in [0.2, 0.25) is 0 Å². The van der Waals surface area contributed by atoms with Crippen molar-refractivity contribution in [3.8, 4) is 44.8 Å². The number of para-hydroxylation sites is 4. The van der Waals surface area contributed by atoms with Gasteiger partial charge in [-0.1, -0.05) is 151 Å². The molecule has 0 radical (unpaired) electrons. The van der Waals surface area contributed by atoms with Crippen LogP contribution in [0.2, 0.25) is 0 Å². The molecule has 2 aromatic heterocycles. The first kappa shape index (κ1) is 37.4. The van der Waals surface area contributed by atoms with Gasteiger partial charge < -0.3 is 14.0 Å². The Hall–Kier alpha value is -8.40. The minimum atomic E-state index is 1.10. The van der Waals surface area contributed by atoms with Crippen molar-refractivity contribution in [2.45, 2.75) is 6.92 Å². The van der Waals surface area contributed by atoms with Gasteiger partial charge in [0.1, 0.15) is 0 Å². The van der Waals surface area contributed by atoms with Crippen LogP contribution in [0.15, 0.2) is 243 Å². The van der Waals surface area contributed by atoms with E-state index in [-0.39, 0.29) is 0 Å². The van der Waals surface area contributed by atoms with E-state index < -0.39 is 0 Å². The van der Waals surface area contributed by atoms with Crippen LogP contribution in [0.25, 0.3) is 88.4 Å². The van der Waals surface area contributed by atoms with Crippen molar-refractivity contribution in [1.82, 2.24) is 9.13 Å². The van der Waals surface area contributed by atoms with Gasteiger partial charge in [0.25, 0.3) is 0 Å². The lowest BCUT2D eigenvalue weighted by Gasteiger charge is -2.26. The predicted molar refractivity (Wildman–Crippen MR) is 271 cm³/mol. The largest absolute Gasteiger partial charge is 0.311 e. The van der Waals surface area contributed by atoms with Crippen LogP contribution in [0, 0.1) is 6.92 Å². The molecule has 0 fully saturated rings. The highest BCUT2D eigenvalue weighted by molar-refractivity contribution is 6.12. The number of nitrogens with zero attached hydrogens (tertiary/aromatic N) is 3. The molecule has 10 aromatic carbocycles. The molecular formula is C61H43N3. The van der Waals surface area contributed by atoms with Gasteiger partial charge in [-0.05, 0) is 137 Å². The van der Waals surface area contributed by atoms with Crippen molar-refractivity contribution >= 4 is 60.7 Å². The van der Waals surface area contributed by atoms with Crippen LogP contribution in [0.3, 0.4) is 0 Å². The van der Waals surface area contributed by atoms with Crippen molar-refractivity contribution in [2.75, 3.05) is 4.90 Å². The van der Waals surface area contributed by atoms with Crippen LogP contribution in [-0.4, -0.2) is 9.13 Å². The minimum Gasteiger partial charge on any atom is -0.311 e. The second kappa shape index (κ2) is 15.5. The molecule has 0 bridgehead atoms. The van der Waals surface area contributed by atoms with E-state index >= 15 is 0 Å². The monoisotopic (exact) mass is 817 g/mol. The van der Waals surface area contributed by atoms with E-state index in [0.717, 1.165) is 28.4 Å². The second-order valence-corrected chi connectivity index (χ2v) is 16.7. The third-order valence-corrected chi connectivity index (χ3v) is 12.8. The average molecular weight is 818 g/mol. The molecule has 0 unspecified atom stereocenters. The van der Waals surface area contributed by atoms with E-state index in [9.17, 15) is 0 Å². The van der Waals surface area contributed by atoms with Crippen LogP contribution < -0.4 is 4.90 Å². The number of aryl methyl sites for hydroxylation is 1. The highest BCUT2D eigenvalue weighted by atomic mass is 15.1. The van der Waals surface area contributed by atoms with Crippen molar-refractivity contribution in [2.24, 2.45) is 0 Å². The lowest BCUT2D eigenvalue weighted by atomic mass is 9.98. The molecule has 0 amide bonds. The molecule has 64 heavy (non-hydrogen) atoms. The maximum Gasteiger partial charge on any atom is 0.0541 e. The van der Waals surface area contributed by atoms with E-state index in [1.54, 1.807) is 0 Å². The first-order valence-electron chi connectivity index (χ1n) is 22.0. The Morgan fingerprint density at radius 2 is 0.609 bits per heavy atom. The smallest absolute Gasteiger partial charge is 0.0541 e. The Morgan fingerprint density at radius 3 is 1.12 bits per heavy atom. The van der Waals surface area contributed by atoms with Gasteiger partial charge in [0.05, 0.1) is 22.1 Å². The van der Waals surface area contributed by atoms with Crippen LogP contribution in [0.5, 0.6) is 0 Å². The van der Waals surface area contributed by atoms with E-state index in [2.05, 4.69) is 264 Å².